The van der Waals surface area contributed by atoms with Crippen LogP contribution in [0.4, 0.5) is 16.2 Å². The molecule has 2 N–H and O–H groups in total. The average molecular weight is 433 g/mol. The van der Waals surface area contributed by atoms with Crippen LogP contribution in [-0.2, 0) is 0 Å². The molecular formula is C22H29ClN4O3. The molecule has 1 aliphatic heterocycles. The highest BCUT2D eigenvalue weighted by molar-refractivity contribution is 6.31. The molecule has 1 fully saturated rings. The zero-order valence-electron chi connectivity index (χ0n) is 17.5. The molecule has 0 saturated carbocycles. The SMILES string of the molecule is COc1ccc(N2CCN(CCCNC(=O)Nc3cc(Cl)ccc3OC)CC2)cc1. The number of urea groups is 1. The number of benzene rings is 2. The maximum absolute atomic E-state index is 12.1. The van der Waals surface area contributed by atoms with Crippen molar-refractivity contribution < 1.29 is 14.3 Å². The molecule has 8 heteroatoms. The Morgan fingerprint density at radius 1 is 1.03 bits per heavy atom. The van der Waals surface area contributed by atoms with Crippen molar-refractivity contribution >= 4 is 29.0 Å². The molecule has 2 aromatic rings. The lowest BCUT2D eigenvalue weighted by molar-refractivity contribution is 0.244. The molecule has 0 unspecified atom stereocenters. The van der Waals surface area contributed by atoms with Gasteiger partial charge in [-0.2, -0.15) is 0 Å². The van der Waals surface area contributed by atoms with E-state index in [1.165, 1.54) is 5.69 Å². The molecule has 0 aromatic heterocycles. The zero-order valence-corrected chi connectivity index (χ0v) is 18.2. The van der Waals surface area contributed by atoms with E-state index in [9.17, 15) is 4.79 Å². The number of anilines is 2. The fraction of sp³-hybridized carbons (Fsp3) is 0.409. The van der Waals surface area contributed by atoms with Crippen LogP contribution >= 0.6 is 11.6 Å². The molecule has 0 spiro atoms. The third-order valence-electron chi connectivity index (χ3n) is 5.16. The number of rotatable bonds is 8. The smallest absolute Gasteiger partial charge is 0.319 e. The van der Waals surface area contributed by atoms with Crippen LogP contribution in [0, 0.1) is 0 Å². The van der Waals surface area contributed by atoms with Gasteiger partial charge in [0.2, 0.25) is 0 Å². The van der Waals surface area contributed by atoms with Crippen molar-refractivity contribution in [2.75, 3.05) is 63.7 Å². The summed E-state index contributed by atoms with van der Waals surface area (Å²) in [5.74, 6) is 1.45. The number of hydrogen-bond acceptors (Lipinski definition) is 5. The molecule has 0 radical (unpaired) electrons. The zero-order chi connectivity index (χ0) is 21.3. The summed E-state index contributed by atoms with van der Waals surface area (Å²) in [4.78, 5) is 17.0. The van der Waals surface area contributed by atoms with Crippen molar-refractivity contribution in [1.82, 2.24) is 10.2 Å². The minimum absolute atomic E-state index is 0.264. The van der Waals surface area contributed by atoms with E-state index in [0.29, 0.717) is 23.0 Å². The fourth-order valence-corrected chi connectivity index (χ4v) is 3.64. The highest BCUT2D eigenvalue weighted by Crippen LogP contribution is 2.27. The lowest BCUT2D eigenvalue weighted by Gasteiger charge is -2.36. The molecule has 0 aliphatic carbocycles. The van der Waals surface area contributed by atoms with Gasteiger partial charge in [0.25, 0.3) is 0 Å². The van der Waals surface area contributed by atoms with Gasteiger partial charge in [-0.25, -0.2) is 4.79 Å². The van der Waals surface area contributed by atoms with Gasteiger partial charge in [-0.1, -0.05) is 11.6 Å². The van der Waals surface area contributed by atoms with Crippen LogP contribution in [0.15, 0.2) is 42.5 Å². The van der Waals surface area contributed by atoms with E-state index in [0.717, 1.165) is 44.9 Å². The highest BCUT2D eigenvalue weighted by atomic mass is 35.5. The minimum atomic E-state index is -0.264. The predicted octanol–water partition coefficient (Wildman–Crippen LogP) is 3.69. The monoisotopic (exact) mass is 432 g/mol. The summed E-state index contributed by atoms with van der Waals surface area (Å²) in [7, 11) is 3.24. The lowest BCUT2D eigenvalue weighted by Crippen LogP contribution is -2.47. The Morgan fingerprint density at radius 2 is 1.77 bits per heavy atom. The first-order chi connectivity index (χ1) is 14.6. The maximum Gasteiger partial charge on any atom is 0.319 e. The fourth-order valence-electron chi connectivity index (χ4n) is 3.47. The van der Waals surface area contributed by atoms with E-state index in [1.807, 2.05) is 12.1 Å². The second-order valence-electron chi connectivity index (χ2n) is 7.11. The third kappa shape index (κ3) is 6.18. The molecule has 3 rings (SSSR count). The molecule has 2 amide bonds. The van der Waals surface area contributed by atoms with E-state index < -0.39 is 0 Å². The van der Waals surface area contributed by atoms with Gasteiger partial charge in [0.05, 0.1) is 19.9 Å². The van der Waals surface area contributed by atoms with Gasteiger partial charge in [-0.15, -0.1) is 0 Å². The van der Waals surface area contributed by atoms with Gasteiger partial charge in [0, 0.05) is 43.4 Å². The van der Waals surface area contributed by atoms with Crippen molar-refractivity contribution in [2.45, 2.75) is 6.42 Å². The van der Waals surface area contributed by atoms with Crippen molar-refractivity contribution in [3.05, 3.63) is 47.5 Å². The van der Waals surface area contributed by atoms with Crippen molar-refractivity contribution in [3.63, 3.8) is 0 Å². The largest absolute Gasteiger partial charge is 0.497 e. The van der Waals surface area contributed by atoms with Crippen LogP contribution in [0.3, 0.4) is 0 Å². The number of methoxy groups -OCH3 is 2. The molecule has 0 bridgehead atoms. The lowest BCUT2D eigenvalue weighted by atomic mass is 10.2. The number of amides is 2. The molecule has 1 aliphatic rings. The Balaban J connectivity index is 1.34. The van der Waals surface area contributed by atoms with Gasteiger partial charge in [0.15, 0.2) is 0 Å². The third-order valence-corrected chi connectivity index (χ3v) is 5.39. The van der Waals surface area contributed by atoms with E-state index >= 15 is 0 Å². The molecule has 0 atom stereocenters. The first-order valence-corrected chi connectivity index (χ1v) is 10.5. The molecule has 2 aromatic carbocycles. The molecule has 1 saturated heterocycles. The number of hydrogen-bond donors (Lipinski definition) is 2. The Hall–Kier alpha value is -2.64. The number of ether oxygens (including phenoxy) is 2. The number of carbonyl (C=O) groups excluding carboxylic acids is 1. The summed E-state index contributed by atoms with van der Waals surface area (Å²) in [5, 5.41) is 6.22. The van der Waals surface area contributed by atoms with E-state index in [-0.39, 0.29) is 6.03 Å². The second-order valence-corrected chi connectivity index (χ2v) is 7.54. The Labute approximate surface area is 182 Å². The standard InChI is InChI=1S/C22H29ClN4O3/c1-29-19-7-5-18(6-8-19)27-14-12-26(13-15-27)11-3-10-24-22(28)25-20-16-17(23)4-9-21(20)30-2/h4-9,16H,3,10-15H2,1-2H3,(H2,24,25,28). The van der Waals surface area contributed by atoms with Crippen molar-refractivity contribution in [3.8, 4) is 11.5 Å². The molecule has 7 nitrogen and oxygen atoms in total. The van der Waals surface area contributed by atoms with Gasteiger partial charge >= 0.3 is 6.03 Å². The number of halogens is 1. The molecule has 162 valence electrons. The summed E-state index contributed by atoms with van der Waals surface area (Å²) in [6, 6.07) is 13.1. The normalized spacial score (nSPS) is 14.3. The van der Waals surface area contributed by atoms with Crippen LogP contribution in [0.2, 0.25) is 5.02 Å². The molecular weight excluding hydrogens is 404 g/mol. The Kier molecular flexibility index (Phi) is 8.04. The van der Waals surface area contributed by atoms with Gasteiger partial charge in [0.1, 0.15) is 11.5 Å². The van der Waals surface area contributed by atoms with Gasteiger partial charge < -0.3 is 25.0 Å². The predicted molar refractivity (Wildman–Crippen MR) is 121 cm³/mol. The van der Waals surface area contributed by atoms with Crippen LogP contribution in [-0.4, -0.2) is 64.4 Å². The van der Waals surface area contributed by atoms with E-state index in [1.54, 1.807) is 32.4 Å². The maximum atomic E-state index is 12.1. The van der Waals surface area contributed by atoms with Gasteiger partial charge in [-0.05, 0) is 55.4 Å². The minimum Gasteiger partial charge on any atom is -0.497 e. The number of nitrogens with one attached hydrogen (secondary N) is 2. The van der Waals surface area contributed by atoms with Crippen LogP contribution < -0.4 is 25.0 Å². The molecule has 30 heavy (non-hydrogen) atoms. The number of piperazine rings is 1. The number of carbonyl (C=O) groups is 1. The Morgan fingerprint density at radius 3 is 2.43 bits per heavy atom. The van der Waals surface area contributed by atoms with E-state index in [2.05, 4.69) is 32.6 Å². The highest BCUT2D eigenvalue weighted by Gasteiger charge is 2.17. The first kappa shape index (κ1) is 22.1. The Bertz CT molecular complexity index is 824. The van der Waals surface area contributed by atoms with Crippen molar-refractivity contribution in [1.29, 1.82) is 0 Å². The first-order valence-electron chi connectivity index (χ1n) is 10.1. The molecule has 1 heterocycles. The topological polar surface area (TPSA) is 66.1 Å². The summed E-state index contributed by atoms with van der Waals surface area (Å²) in [5.41, 5.74) is 1.78. The second kappa shape index (κ2) is 10.9. The van der Waals surface area contributed by atoms with Crippen molar-refractivity contribution in [2.24, 2.45) is 0 Å². The van der Waals surface area contributed by atoms with Crippen LogP contribution in [0.25, 0.3) is 0 Å². The van der Waals surface area contributed by atoms with Gasteiger partial charge in [-0.3, -0.25) is 4.90 Å². The quantitative estimate of drug-likeness (QED) is 0.623. The summed E-state index contributed by atoms with van der Waals surface area (Å²) < 4.78 is 10.5. The van der Waals surface area contributed by atoms with Crippen LogP contribution in [0.5, 0.6) is 11.5 Å². The summed E-state index contributed by atoms with van der Waals surface area (Å²) >= 11 is 5.99. The number of nitrogens with zero attached hydrogens (tertiary/aromatic N) is 2. The van der Waals surface area contributed by atoms with Crippen LogP contribution in [0.1, 0.15) is 6.42 Å². The average Bonchev–Trinajstić information content (AvgIpc) is 2.77. The summed E-state index contributed by atoms with van der Waals surface area (Å²) in [6.07, 6.45) is 0.892. The summed E-state index contributed by atoms with van der Waals surface area (Å²) in [6.45, 7) is 5.57. The van der Waals surface area contributed by atoms with E-state index in [4.69, 9.17) is 21.1 Å².